The highest BCUT2D eigenvalue weighted by Crippen LogP contribution is 2.19. The normalized spacial score (nSPS) is 15.9. The molecule has 17 heavy (non-hydrogen) atoms. The first kappa shape index (κ1) is 14.8. The zero-order valence-electron chi connectivity index (χ0n) is 11.8. The molecule has 1 rings (SSSR count). The lowest BCUT2D eigenvalue weighted by molar-refractivity contribution is 0.567. The van der Waals surface area contributed by atoms with E-state index in [1.165, 1.54) is 83.7 Å². The van der Waals surface area contributed by atoms with Crippen LogP contribution in [-0.2, 0) is 0 Å². The fourth-order valence-corrected chi connectivity index (χ4v) is 2.54. The fraction of sp³-hybridized carbons (Fsp3) is 0.875. The molecule has 0 fully saturated rings. The van der Waals surface area contributed by atoms with Gasteiger partial charge in [-0.15, -0.1) is 0 Å². The van der Waals surface area contributed by atoms with E-state index in [1.54, 1.807) is 5.57 Å². The lowest BCUT2D eigenvalue weighted by atomic mass is 9.97. The van der Waals surface area contributed by atoms with Gasteiger partial charge in [-0.2, -0.15) is 0 Å². The quantitative estimate of drug-likeness (QED) is 0.424. The highest BCUT2D eigenvalue weighted by Gasteiger charge is 2.02. The van der Waals surface area contributed by atoms with Crippen LogP contribution in [0.4, 0.5) is 0 Å². The van der Waals surface area contributed by atoms with Crippen LogP contribution < -0.4 is 5.32 Å². The third-order valence-electron chi connectivity index (χ3n) is 3.72. The van der Waals surface area contributed by atoms with Crippen LogP contribution in [0.3, 0.4) is 0 Å². The molecular weight excluding hydrogens is 206 g/mol. The van der Waals surface area contributed by atoms with Crippen molar-refractivity contribution in [1.82, 2.24) is 5.32 Å². The summed E-state index contributed by atoms with van der Waals surface area (Å²) >= 11 is 0. The molecule has 0 radical (unpaired) electrons. The minimum atomic E-state index is 1.20. The van der Waals surface area contributed by atoms with E-state index in [0.29, 0.717) is 0 Å². The lowest BCUT2D eigenvalue weighted by Gasteiger charge is -2.12. The van der Waals surface area contributed by atoms with Crippen molar-refractivity contribution in [3.05, 3.63) is 11.6 Å². The number of hydrogen-bond donors (Lipinski definition) is 1. The molecule has 1 nitrogen and oxygen atoms in total. The van der Waals surface area contributed by atoms with Gasteiger partial charge in [0.25, 0.3) is 0 Å². The molecular formula is C16H31N. The van der Waals surface area contributed by atoms with E-state index < -0.39 is 0 Å². The van der Waals surface area contributed by atoms with Gasteiger partial charge in [0.05, 0.1) is 0 Å². The van der Waals surface area contributed by atoms with Gasteiger partial charge in [0, 0.05) is 0 Å². The molecule has 1 heteroatoms. The van der Waals surface area contributed by atoms with Gasteiger partial charge in [-0.25, -0.2) is 0 Å². The molecule has 1 aliphatic carbocycles. The molecule has 0 aromatic heterocycles. The molecule has 100 valence electrons. The van der Waals surface area contributed by atoms with Crippen LogP contribution in [0.5, 0.6) is 0 Å². The maximum absolute atomic E-state index is 3.58. The van der Waals surface area contributed by atoms with E-state index in [2.05, 4.69) is 18.3 Å². The summed E-state index contributed by atoms with van der Waals surface area (Å²) in [6.07, 6.45) is 17.7. The number of allylic oxidation sites excluding steroid dienone is 1. The van der Waals surface area contributed by atoms with Crippen molar-refractivity contribution in [3.63, 3.8) is 0 Å². The molecule has 1 N–H and O–H groups in total. The second-order valence-electron chi connectivity index (χ2n) is 5.38. The van der Waals surface area contributed by atoms with E-state index in [1.807, 2.05) is 0 Å². The Kier molecular flexibility index (Phi) is 9.40. The number of rotatable bonds is 10. The van der Waals surface area contributed by atoms with Crippen LogP contribution in [0.15, 0.2) is 11.6 Å². The number of unbranched alkanes of at least 4 members (excludes halogenated alkanes) is 5. The Balaban J connectivity index is 1.79. The maximum Gasteiger partial charge on any atom is -0.00116 e. The zero-order chi connectivity index (χ0) is 12.2. The largest absolute Gasteiger partial charge is 0.316 e. The van der Waals surface area contributed by atoms with E-state index in [9.17, 15) is 0 Å². The fourth-order valence-electron chi connectivity index (χ4n) is 2.54. The Morgan fingerprint density at radius 3 is 2.59 bits per heavy atom. The predicted octanol–water partition coefficient (Wildman–Crippen LogP) is 4.83. The number of nitrogens with one attached hydrogen (secondary N) is 1. The average Bonchev–Trinajstić information content (AvgIpc) is 2.38. The van der Waals surface area contributed by atoms with Gasteiger partial charge in [-0.1, -0.05) is 50.7 Å². The van der Waals surface area contributed by atoms with Gasteiger partial charge >= 0.3 is 0 Å². The minimum Gasteiger partial charge on any atom is -0.316 e. The third kappa shape index (κ3) is 8.43. The highest BCUT2D eigenvalue weighted by molar-refractivity contribution is 5.05. The standard InChI is InChI=1S/C16H31N/c1-2-3-4-5-6-10-14-17-15-13-16-11-8-7-9-12-16/h11,17H,2-10,12-15H2,1H3. The molecule has 0 heterocycles. The van der Waals surface area contributed by atoms with Crippen molar-refractivity contribution in [2.24, 2.45) is 0 Å². The number of hydrogen-bond acceptors (Lipinski definition) is 1. The van der Waals surface area contributed by atoms with Gasteiger partial charge in [0.2, 0.25) is 0 Å². The molecule has 0 bridgehead atoms. The lowest BCUT2D eigenvalue weighted by Crippen LogP contribution is -2.17. The van der Waals surface area contributed by atoms with Crippen LogP contribution >= 0.6 is 0 Å². The molecule has 1 aliphatic rings. The van der Waals surface area contributed by atoms with Crippen molar-refractivity contribution in [2.45, 2.75) is 77.6 Å². The zero-order valence-corrected chi connectivity index (χ0v) is 11.8. The monoisotopic (exact) mass is 237 g/mol. The summed E-state index contributed by atoms with van der Waals surface area (Å²) in [5, 5.41) is 3.58. The first-order valence-corrected chi connectivity index (χ1v) is 7.82. The highest BCUT2D eigenvalue weighted by atomic mass is 14.8. The molecule has 0 aliphatic heterocycles. The Hall–Kier alpha value is -0.300. The van der Waals surface area contributed by atoms with Gasteiger partial charge in [0.1, 0.15) is 0 Å². The topological polar surface area (TPSA) is 12.0 Å². The Morgan fingerprint density at radius 1 is 1.00 bits per heavy atom. The van der Waals surface area contributed by atoms with E-state index >= 15 is 0 Å². The van der Waals surface area contributed by atoms with Gasteiger partial charge in [0.15, 0.2) is 0 Å². The molecule has 0 amide bonds. The second kappa shape index (κ2) is 10.8. The first-order valence-electron chi connectivity index (χ1n) is 7.82. The average molecular weight is 237 g/mol. The van der Waals surface area contributed by atoms with Crippen molar-refractivity contribution < 1.29 is 0 Å². The van der Waals surface area contributed by atoms with Crippen molar-refractivity contribution >= 4 is 0 Å². The molecule has 0 spiro atoms. The summed E-state index contributed by atoms with van der Waals surface area (Å²) in [6, 6.07) is 0. The molecule has 0 atom stereocenters. The van der Waals surface area contributed by atoms with Crippen molar-refractivity contribution in [1.29, 1.82) is 0 Å². The summed E-state index contributed by atoms with van der Waals surface area (Å²) in [4.78, 5) is 0. The van der Waals surface area contributed by atoms with Crippen LogP contribution in [0.25, 0.3) is 0 Å². The molecule has 0 saturated heterocycles. The van der Waals surface area contributed by atoms with Crippen LogP contribution in [0.2, 0.25) is 0 Å². The van der Waals surface area contributed by atoms with E-state index in [-0.39, 0.29) is 0 Å². The van der Waals surface area contributed by atoms with E-state index in [0.717, 1.165) is 0 Å². The molecule has 0 unspecified atom stereocenters. The minimum absolute atomic E-state index is 1.20. The van der Waals surface area contributed by atoms with Gasteiger partial charge < -0.3 is 5.32 Å². The van der Waals surface area contributed by atoms with E-state index in [4.69, 9.17) is 0 Å². The predicted molar refractivity (Wildman–Crippen MR) is 77.4 cm³/mol. The molecule has 0 aromatic rings. The SMILES string of the molecule is CCCCCCCCNCCC1=CCCCC1. The van der Waals surface area contributed by atoms with Crippen molar-refractivity contribution in [2.75, 3.05) is 13.1 Å². The maximum atomic E-state index is 3.58. The summed E-state index contributed by atoms with van der Waals surface area (Å²) in [5.74, 6) is 0. The second-order valence-corrected chi connectivity index (χ2v) is 5.38. The first-order chi connectivity index (χ1) is 8.43. The summed E-state index contributed by atoms with van der Waals surface area (Å²) in [7, 11) is 0. The molecule has 0 saturated carbocycles. The third-order valence-corrected chi connectivity index (χ3v) is 3.72. The van der Waals surface area contributed by atoms with Crippen LogP contribution in [0.1, 0.15) is 77.6 Å². The van der Waals surface area contributed by atoms with Crippen LogP contribution in [0, 0.1) is 0 Å². The van der Waals surface area contributed by atoms with Gasteiger partial charge in [-0.05, 0) is 51.6 Å². The Bertz CT molecular complexity index is 196. The summed E-state index contributed by atoms with van der Waals surface area (Å²) in [6.45, 7) is 4.70. The van der Waals surface area contributed by atoms with Gasteiger partial charge in [-0.3, -0.25) is 0 Å². The van der Waals surface area contributed by atoms with Crippen molar-refractivity contribution in [3.8, 4) is 0 Å². The Labute approximate surface area is 108 Å². The summed E-state index contributed by atoms with van der Waals surface area (Å²) in [5.41, 5.74) is 1.70. The Morgan fingerprint density at radius 2 is 1.82 bits per heavy atom. The molecule has 0 aromatic carbocycles. The van der Waals surface area contributed by atoms with Crippen LogP contribution in [-0.4, -0.2) is 13.1 Å². The smallest absolute Gasteiger partial charge is 0.00116 e. The summed E-state index contributed by atoms with van der Waals surface area (Å²) < 4.78 is 0.